The van der Waals surface area contributed by atoms with E-state index in [2.05, 4.69) is 42.6 Å². The van der Waals surface area contributed by atoms with Crippen molar-refractivity contribution in [2.45, 2.75) is 38.6 Å². The van der Waals surface area contributed by atoms with Gasteiger partial charge in [-0.2, -0.15) is 0 Å². The van der Waals surface area contributed by atoms with E-state index >= 15 is 0 Å². The van der Waals surface area contributed by atoms with Gasteiger partial charge in [-0.05, 0) is 53.9 Å². The van der Waals surface area contributed by atoms with Crippen LogP contribution in [0.4, 0.5) is 4.79 Å². The molecule has 30 heavy (non-hydrogen) atoms. The molecule has 0 spiro atoms. The number of aliphatic carboxylic acids is 1. The lowest BCUT2D eigenvalue weighted by Crippen LogP contribution is -2.47. The van der Waals surface area contributed by atoms with E-state index in [1.54, 1.807) is 0 Å². The smallest absolute Gasteiger partial charge is 0.407 e. The van der Waals surface area contributed by atoms with Gasteiger partial charge >= 0.3 is 12.1 Å². The van der Waals surface area contributed by atoms with Gasteiger partial charge in [-0.1, -0.05) is 67.1 Å². The number of carboxylic acids is 1. The van der Waals surface area contributed by atoms with Gasteiger partial charge in [0.25, 0.3) is 0 Å². The molecular formula is C25H27NO4. The molecule has 0 fully saturated rings. The van der Waals surface area contributed by atoms with Gasteiger partial charge < -0.3 is 15.2 Å². The number of hydrogen-bond donors (Lipinski definition) is 2. The van der Waals surface area contributed by atoms with Crippen LogP contribution in [0.15, 0.2) is 60.2 Å². The lowest BCUT2D eigenvalue weighted by molar-refractivity contribution is -0.141. The van der Waals surface area contributed by atoms with Gasteiger partial charge in [0.2, 0.25) is 0 Å². The number of rotatable bonds is 5. The molecule has 0 bridgehead atoms. The highest BCUT2D eigenvalue weighted by Gasteiger charge is 2.34. The van der Waals surface area contributed by atoms with Crippen molar-refractivity contribution >= 4 is 12.1 Å². The highest BCUT2D eigenvalue weighted by Crippen LogP contribution is 2.44. The molecule has 0 saturated carbocycles. The first kappa shape index (κ1) is 20.2. The average Bonchev–Trinajstić information content (AvgIpc) is 3.03. The number of hydrogen-bond acceptors (Lipinski definition) is 3. The Kier molecular flexibility index (Phi) is 5.62. The maximum absolute atomic E-state index is 12.5. The minimum Gasteiger partial charge on any atom is -0.480 e. The first-order valence-electron chi connectivity index (χ1n) is 10.5. The molecule has 2 aromatic carbocycles. The maximum atomic E-state index is 12.5. The monoisotopic (exact) mass is 405 g/mol. The Morgan fingerprint density at radius 3 is 2.27 bits per heavy atom. The number of alkyl carbamates (subject to hydrolysis) is 1. The van der Waals surface area contributed by atoms with E-state index in [1.165, 1.54) is 5.57 Å². The maximum Gasteiger partial charge on any atom is 0.407 e. The molecule has 0 aliphatic heterocycles. The zero-order valence-corrected chi connectivity index (χ0v) is 17.3. The van der Waals surface area contributed by atoms with Crippen molar-refractivity contribution in [2.24, 2.45) is 11.8 Å². The second-order valence-electron chi connectivity index (χ2n) is 8.48. The largest absolute Gasteiger partial charge is 0.480 e. The van der Waals surface area contributed by atoms with Gasteiger partial charge in [0.1, 0.15) is 12.6 Å². The third-order valence-corrected chi connectivity index (χ3v) is 6.18. The Balaban J connectivity index is 1.44. The molecule has 0 saturated heterocycles. The summed E-state index contributed by atoms with van der Waals surface area (Å²) in [6.07, 6.45) is 2.90. The Hall–Kier alpha value is -3.08. The topological polar surface area (TPSA) is 75.6 Å². The SMILES string of the molecule is CC1=CC(C)CC(C(NC(=O)OCC2c3ccccc3-c3ccccc32)C(=O)O)C1. The number of nitrogens with one attached hydrogen (secondary N) is 1. The third kappa shape index (κ3) is 3.97. The van der Waals surface area contributed by atoms with Crippen LogP contribution in [0.1, 0.15) is 43.7 Å². The van der Waals surface area contributed by atoms with E-state index in [4.69, 9.17) is 4.74 Å². The lowest BCUT2D eigenvalue weighted by atomic mass is 9.79. The van der Waals surface area contributed by atoms with E-state index in [0.29, 0.717) is 12.3 Å². The number of carboxylic acid groups (broad SMARTS) is 1. The van der Waals surface area contributed by atoms with Gasteiger partial charge in [0.15, 0.2) is 0 Å². The molecular weight excluding hydrogens is 378 g/mol. The molecule has 3 unspecified atom stereocenters. The molecule has 2 aliphatic rings. The van der Waals surface area contributed by atoms with Crippen molar-refractivity contribution < 1.29 is 19.4 Å². The summed E-state index contributed by atoms with van der Waals surface area (Å²) in [4.78, 5) is 24.4. The minimum atomic E-state index is -1.02. The third-order valence-electron chi connectivity index (χ3n) is 6.18. The Labute approximate surface area is 176 Å². The second-order valence-corrected chi connectivity index (χ2v) is 8.48. The number of ether oxygens (including phenoxy) is 1. The van der Waals surface area contributed by atoms with Crippen LogP contribution >= 0.6 is 0 Å². The first-order chi connectivity index (χ1) is 14.4. The summed E-state index contributed by atoms with van der Waals surface area (Å²) < 4.78 is 5.54. The molecule has 2 aromatic rings. The first-order valence-corrected chi connectivity index (χ1v) is 10.5. The fourth-order valence-corrected chi connectivity index (χ4v) is 5.00. The predicted octanol–water partition coefficient (Wildman–Crippen LogP) is 4.97. The van der Waals surface area contributed by atoms with Crippen LogP contribution in [0.25, 0.3) is 11.1 Å². The van der Waals surface area contributed by atoms with Crippen LogP contribution < -0.4 is 5.32 Å². The highest BCUT2D eigenvalue weighted by molar-refractivity contribution is 5.81. The summed E-state index contributed by atoms with van der Waals surface area (Å²) in [7, 11) is 0. The van der Waals surface area contributed by atoms with Crippen molar-refractivity contribution in [3.63, 3.8) is 0 Å². The zero-order chi connectivity index (χ0) is 21.3. The van der Waals surface area contributed by atoms with Crippen molar-refractivity contribution in [1.82, 2.24) is 5.32 Å². The molecule has 0 heterocycles. The van der Waals surface area contributed by atoms with Gasteiger partial charge in [0, 0.05) is 5.92 Å². The van der Waals surface area contributed by atoms with Gasteiger partial charge in [0.05, 0.1) is 0 Å². The average molecular weight is 405 g/mol. The van der Waals surface area contributed by atoms with Crippen LogP contribution in [0.2, 0.25) is 0 Å². The quantitative estimate of drug-likeness (QED) is 0.689. The summed E-state index contributed by atoms with van der Waals surface area (Å²) in [5.74, 6) is -0.903. The Morgan fingerprint density at radius 2 is 1.70 bits per heavy atom. The molecule has 2 N–H and O–H groups in total. The van der Waals surface area contributed by atoms with Gasteiger partial charge in [-0.15, -0.1) is 0 Å². The number of benzene rings is 2. The number of allylic oxidation sites excluding steroid dienone is 2. The van der Waals surface area contributed by atoms with E-state index < -0.39 is 18.1 Å². The molecule has 1 amide bonds. The van der Waals surface area contributed by atoms with Crippen LogP contribution in [0, 0.1) is 11.8 Å². The molecule has 4 rings (SSSR count). The van der Waals surface area contributed by atoms with Crippen LogP contribution in [0.3, 0.4) is 0 Å². The van der Waals surface area contributed by atoms with E-state index in [0.717, 1.165) is 28.7 Å². The Bertz CT molecular complexity index is 951. The predicted molar refractivity (Wildman–Crippen MR) is 115 cm³/mol. The van der Waals surface area contributed by atoms with E-state index in [-0.39, 0.29) is 18.4 Å². The highest BCUT2D eigenvalue weighted by atomic mass is 16.5. The van der Waals surface area contributed by atoms with Crippen molar-refractivity contribution in [1.29, 1.82) is 0 Å². The molecule has 3 atom stereocenters. The van der Waals surface area contributed by atoms with Crippen LogP contribution in [0.5, 0.6) is 0 Å². The fraction of sp³-hybridized carbons (Fsp3) is 0.360. The molecule has 0 radical (unpaired) electrons. The Morgan fingerprint density at radius 1 is 1.10 bits per heavy atom. The van der Waals surface area contributed by atoms with Crippen molar-refractivity contribution in [3.8, 4) is 11.1 Å². The zero-order valence-electron chi connectivity index (χ0n) is 17.3. The normalized spacial score (nSPS) is 21.2. The van der Waals surface area contributed by atoms with Crippen molar-refractivity contribution in [2.75, 3.05) is 6.61 Å². The molecule has 0 aromatic heterocycles. The summed E-state index contributed by atoms with van der Waals surface area (Å²) in [5.41, 5.74) is 5.73. The number of fused-ring (bicyclic) bond motifs is 3. The number of amides is 1. The van der Waals surface area contributed by atoms with Crippen LogP contribution in [-0.4, -0.2) is 29.8 Å². The standard InChI is InChI=1S/C25H27NO4/c1-15-11-16(2)13-17(12-15)23(24(27)28)26-25(29)30-14-22-20-9-5-3-7-18(20)19-8-4-6-10-21(19)22/h3-11,15,17,22-23H,12-14H2,1-2H3,(H,26,29)(H,27,28). The molecule has 5 nitrogen and oxygen atoms in total. The second kappa shape index (κ2) is 8.34. The van der Waals surface area contributed by atoms with E-state index in [1.807, 2.05) is 31.2 Å². The lowest BCUT2D eigenvalue weighted by Gasteiger charge is -2.30. The summed E-state index contributed by atoms with van der Waals surface area (Å²) in [5, 5.41) is 12.3. The van der Waals surface area contributed by atoms with Crippen molar-refractivity contribution in [3.05, 3.63) is 71.3 Å². The molecule has 156 valence electrons. The molecule has 5 heteroatoms. The number of carbonyl (C=O) groups is 2. The fourth-order valence-electron chi connectivity index (χ4n) is 5.00. The van der Waals surface area contributed by atoms with Crippen LogP contribution in [-0.2, 0) is 9.53 Å². The van der Waals surface area contributed by atoms with E-state index in [9.17, 15) is 14.7 Å². The summed E-state index contributed by atoms with van der Waals surface area (Å²) in [6, 6.07) is 15.3. The minimum absolute atomic E-state index is 0.0497. The summed E-state index contributed by atoms with van der Waals surface area (Å²) in [6.45, 7) is 4.25. The van der Waals surface area contributed by atoms with Gasteiger partial charge in [-0.3, -0.25) is 0 Å². The molecule has 2 aliphatic carbocycles. The van der Waals surface area contributed by atoms with Gasteiger partial charge in [-0.25, -0.2) is 9.59 Å². The summed E-state index contributed by atoms with van der Waals surface area (Å²) >= 11 is 0. The number of carbonyl (C=O) groups excluding carboxylic acids is 1.